The number of benzene rings is 6. The second-order valence-corrected chi connectivity index (χ2v) is 12.6. The number of nitrogens with zero attached hydrogens (tertiary/aromatic N) is 3. The van der Waals surface area contributed by atoms with Gasteiger partial charge in [-0.05, 0) is 80.9 Å². The van der Waals surface area contributed by atoms with Crippen LogP contribution in [-0.4, -0.2) is 9.97 Å². The van der Waals surface area contributed by atoms with Crippen LogP contribution in [0.15, 0.2) is 152 Å². The summed E-state index contributed by atoms with van der Waals surface area (Å²) in [5, 5.41) is 0. The highest BCUT2D eigenvalue weighted by atomic mass is 15.1. The lowest BCUT2D eigenvalue weighted by Gasteiger charge is -2.21. The first-order chi connectivity index (χ1) is 22.5. The number of hydrogen-bond donors (Lipinski definition) is 0. The van der Waals surface area contributed by atoms with E-state index in [2.05, 4.69) is 165 Å². The summed E-state index contributed by atoms with van der Waals surface area (Å²) in [4.78, 5) is 10.4. The molecule has 0 amide bonds. The highest BCUT2D eigenvalue weighted by Gasteiger charge is 2.36. The van der Waals surface area contributed by atoms with Crippen molar-refractivity contribution in [2.45, 2.75) is 19.3 Å². The Morgan fingerprint density at radius 1 is 0.413 bits per heavy atom. The summed E-state index contributed by atoms with van der Waals surface area (Å²) in [5.41, 5.74) is 13.1. The minimum absolute atomic E-state index is 0.0975. The van der Waals surface area contributed by atoms with Crippen molar-refractivity contribution in [3.8, 4) is 67.5 Å². The lowest BCUT2D eigenvalue weighted by molar-refractivity contribution is -0.654. The minimum Gasteiger partial charge on any atom is -0.229 e. The summed E-state index contributed by atoms with van der Waals surface area (Å²) in [5.74, 6) is 2.46. The van der Waals surface area contributed by atoms with Crippen LogP contribution in [-0.2, 0) is 12.5 Å². The molecule has 0 spiro atoms. The second-order valence-electron chi connectivity index (χ2n) is 12.6. The van der Waals surface area contributed by atoms with Gasteiger partial charge in [0.25, 0.3) is 11.6 Å². The van der Waals surface area contributed by atoms with Crippen molar-refractivity contribution in [2.75, 3.05) is 0 Å². The normalized spacial score (nSPS) is 12.8. The van der Waals surface area contributed by atoms with Crippen LogP contribution in [0.4, 0.5) is 0 Å². The number of aromatic nitrogens is 3. The monoisotopic (exact) mass is 592 g/mol. The predicted octanol–water partition coefficient (Wildman–Crippen LogP) is 9.94. The molecule has 7 aromatic rings. The molecule has 0 saturated heterocycles. The van der Waals surface area contributed by atoms with E-state index in [0.29, 0.717) is 5.82 Å². The van der Waals surface area contributed by atoms with Crippen molar-refractivity contribution in [2.24, 2.45) is 7.05 Å². The van der Waals surface area contributed by atoms with Gasteiger partial charge in [-0.3, -0.25) is 0 Å². The minimum atomic E-state index is -0.0975. The van der Waals surface area contributed by atoms with Gasteiger partial charge in [-0.2, -0.15) is 0 Å². The number of fused-ring (bicyclic) bond motifs is 3. The van der Waals surface area contributed by atoms with Gasteiger partial charge >= 0.3 is 5.82 Å². The van der Waals surface area contributed by atoms with Crippen molar-refractivity contribution in [1.82, 2.24) is 9.97 Å². The average Bonchev–Trinajstić information content (AvgIpc) is 3.35. The smallest absolute Gasteiger partial charge is 0.229 e. The van der Waals surface area contributed by atoms with Gasteiger partial charge in [0.1, 0.15) is 0 Å². The lowest BCUT2D eigenvalue weighted by Crippen LogP contribution is -2.37. The summed E-state index contributed by atoms with van der Waals surface area (Å²) in [7, 11) is 2.07. The Balaban J connectivity index is 1.27. The van der Waals surface area contributed by atoms with E-state index in [1.54, 1.807) is 0 Å². The molecule has 0 radical (unpaired) electrons. The highest BCUT2D eigenvalue weighted by Crippen LogP contribution is 2.49. The Hall–Kier alpha value is -5.67. The summed E-state index contributed by atoms with van der Waals surface area (Å²) in [6.45, 7) is 4.64. The summed E-state index contributed by atoms with van der Waals surface area (Å²) < 4.78 is 2.14. The van der Waals surface area contributed by atoms with Crippen LogP contribution in [0.3, 0.4) is 0 Å². The van der Waals surface area contributed by atoms with E-state index < -0.39 is 0 Å². The molecule has 0 atom stereocenters. The highest BCUT2D eigenvalue weighted by molar-refractivity contribution is 5.83. The largest absolute Gasteiger partial charge is 0.308 e. The van der Waals surface area contributed by atoms with E-state index in [4.69, 9.17) is 9.97 Å². The van der Waals surface area contributed by atoms with Crippen LogP contribution in [0.1, 0.15) is 25.0 Å². The Bertz CT molecular complexity index is 2200. The molecule has 0 bridgehead atoms. The van der Waals surface area contributed by atoms with Crippen LogP contribution >= 0.6 is 0 Å². The zero-order valence-corrected chi connectivity index (χ0v) is 26.3. The van der Waals surface area contributed by atoms with Gasteiger partial charge in [-0.25, -0.2) is 4.57 Å². The van der Waals surface area contributed by atoms with Crippen LogP contribution in [0.5, 0.6) is 0 Å². The predicted molar refractivity (Wildman–Crippen MR) is 188 cm³/mol. The number of rotatable bonds is 5. The third-order valence-electron chi connectivity index (χ3n) is 9.40. The van der Waals surface area contributed by atoms with E-state index in [0.717, 1.165) is 28.3 Å². The molecular weight excluding hydrogens is 558 g/mol. The lowest BCUT2D eigenvalue weighted by atomic mass is 9.82. The van der Waals surface area contributed by atoms with Crippen molar-refractivity contribution in [1.29, 1.82) is 0 Å². The Kier molecular flexibility index (Phi) is 6.69. The summed E-state index contributed by atoms with van der Waals surface area (Å²) in [6, 6.07) is 53.8. The average molecular weight is 593 g/mol. The van der Waals surface area contributed by atoms with E-state index in [1.165, 1.54) is 44.5 Å². The van der Waals surface area contributed by atoms with Crippen molar-refractivity contribution < 1.29 is 4.57 Å². The Morgan fingerprint density at radius 2 is 0.848 bits per heavy atom. The molecule has 0 aliphatic heterocycles. The third kappa shape index (κ3) is 4.72. The molecule has 3 heteroatoms. The SMILES string of the molecule is C[n+]1c(-c2ccc(-c3ccccc3)cc2)nc(-c2ccc(-c3ccccc3)cc2)nc1-c1ccc2c(c1)C(C)(C)c1ccccc1-2. The zero-order valence-electron chi connectivity index (χ0n) is 26.3. The van der Waals surface area contributed by atoms with Crippen LogP contribution in [0.25, 0.3) is 67.5 Å². The molecule has 1 aliphatic carbocycles. The van der Waals surface area contributed by atoms with E-state index in [1.807, 2.05) is 12.1 Å². The van der Waals surface area contributed by atoms with Gasteiger partial charge in [0.2, 0.25) is 0 Å². The maximum absolute atomic E-state index is 5.24. The summed E-state index contributed by atoms with van der Waals surface area (Å²) >= 11 is 0. The molecule has 6 aromatic carbocycles. The molecule has 8 rings (SSSR count). The third-order valence-corrected chi connectivity index (χ3v) is 9.40. The summed E-state index contributed by atoms with van der Waals surface area (Å²) in [6.07, 6.45) is 0. The standard InChI is InChI=1S/C43H34N3/c1-43(2)38-17-11-10-16-36(38)37-27-26-35(28-39(37)43)42-45-40(33-22-18-31(19-23-33)29-12-6-4-7-13-29)44-41(46(42)3)34-24-20-32(21-25-34)30-14-8-5-9-15-30/h4-28H,1-3H3/q+1. The molecule has 0 N–H and O–H groups in total. The molecule has 1 heterocycles. The molecule has 1 aromatic heterocycles. The van der Waals surface area contributed by atoms with Crippen molar-refractivity contribution >= 4 is 0 Å². The molecule has 220 valence electrons. The first-order valence-electron chi connectivity index (χ1n) is 15.8. The molecule has 0 saturated carbocycles. The molecule has 46 heavy (non-hydrogen) atoms. The molecule has 0 unspecified atom stereocenters. The van der Waals surface area contributed by atoms with Gasteiger partial charge < -0.3 is 0 Å². The zero-order chi connectivity index (χ0) is 31.3. The molecule has 0 fully saturated rings. The van der Waals surface area contributed by atoms with Gasteiger partial charge in [-0.1, -0.05) is 139 Å². The van der Waals surface area contributed by atoms with Crippen molar-refractivity contribution in [3.05, 3.63) is 163 Å². The molecule has 1 aliphatic rings. The van der Waals surface area contributed by atoms with Crippen molar-refractivity contribution in [3.63, 3.8) is 0 Å². The van der Waals surface area contributed by atoms with Gasteiger partial charge in [0.15, 0.2) is 0 Å². The van der Waals surface area contributed by atoms with Crippen LogP contribution in [0.2, 0.25) is 0 Å². The fourth-order valence-electron chi connectivity index (χ4n) is 6.85. The van der Waals surface area contributed by atoms with Crippen LogP contribution in [0, 0.1) is 0 Å². The van der Waals surface area contributed by atoms with Gasteiger partial charge in [0, 0.05) is 5.41 Å². The van der Waals surface area contributed by atoms with Crippen LogP contribution < -0.4 is 4.57 Å². The Labute approximate surface area is 270 Å². The molecule has 3 nitrogen and oxygen atoms in total. The van der Waals surface area contributed by atoms with E-state index in [9.17, 15) is 0 Å². The first kappa shape index (κ1) is 27.8. The number of hydrogen-bond acceptors (Lipinski definition) is 2. The maximum Gasteiger partial charge on any atom is 0.308 e. The molecular formula is C43H34N3+. The quantitative estimate of drug-likeness (QED) is 0.186. The maximum atomic E-state index is 5.24. The fourth-order valence-corrected chi connectivity index (χ4v) is 6.85. The van der Waals surface area contributed by atoms with Gasteiger partial charge in [-0.15, -0.1) is 0 Å². The topological polar surface area (TPSA) is 29.7 Å². The first-order valence-corrected chi connectivity index (χ1v) is 15.8. The second kappa shape index (κ2) is 11.0. The van der Waals surface area contributed by atoms with E-state index in [-0.39, 0.29) is 5.41 Å². The van der Waals surface area contributed by atoms with Gasteiger partial charge in [0.05, 0.1) is 23.7 Å². The Morgan fingerprint density at radius 3 is 1.46 bits per heavy atom. The van der Waals surface area contributed by atoms with E-state index >= 15 is 0 Å². The fraction of sp³-hybridized carbons (Fsp3) is 0.0930.